The zero-order valence-electron chi connectivity index (χ0n) is 9.30. The number of phenolic OH excluding ortho intramolecular Hbond substituents is 1. The van der Waals surface area contributed by atoms with Crippen molar-refractivity contribution in [1.29, 1.82) is 0 Å². The van der Waals surface area contributed by atoms with Crippen LogP contribution in [-0.2, 0) is 16.0 Å². The first-order valence-electron chi connectivity index (χ1n) is 5.26. The maximum Gasteiger partial charge on any atom is 0.326 e. The van der Waals surface area contributed by atoms with Crippen LogP contribution in [-0.4, -0.2) is 33.6 Å². The quantitative estimate of drug-likeness (QED) is 0.578. The molecule has 6 heteroatoms. The number of benzene rings is 1. The van der Waals surface area contributed by atoms with Gasteiger partial charge in [0.25, 0.3) is 0 Å². The van der Waals surface area contributed by atoms with Crippen molar-refractivity contribution < 1.29 is 19.8 Å². The molecule has 1 aromatic carbocycles. The Bertz CT molecular complexity index is 591. The molecule has 0 bridgehead atoms. The van der Waals surface area contributed by atoms with Crippen LogP contribution in [0, 0.1) is 0 Å². The molecule has 93 valence electrons. The lowest BCUT2D eigenvalue weighted by Crippen LogP contribution is -2.37. The topological polar surface area (TPSA) is 102 Å². The fraction of sp³-hybridized carbons (Fsp3) is 0.167. The van der Waals surface area contributed by atoms with Gasteiger partial charge in [-0.05, 0) is 23.8 Å². The molecule has 1 atom stereocenters. The van der Waals surface area contributed by atoms with Crippen molar-refractivity contribution in [1.82, 2.24) is 10.3 Å². The number of aliphatic carboxylic acids is 1. The summed E-state index contributed by atoms with van der Waals surface area (Å²) < 4.78 is 0. The average molecular weight is 247 g/mol. The SMILES string of the molecule is O=[C]N[C@@H](Cc1c[nH]c2ccc(O)cc12)C(=O)O. The number of fused-ring (bicyclic) bond motifs is 1. The predicted molar refractivity (Wildman–Crippen MR) is 63.9 cm³/mol. The van der Waals surface area contributed by atoms with Gasteiger partial charge in [-0.25, -0.2) is 4.79 Å². The first-order chi connectivity index (χ1) is 8.61. The highest BCUT2D eigenvalue weighted by Crippen LogP contribution is 2.23. The van der Waals surface area contributed by atoms with Crippen molar-refractivity contribution in [3.63, 3.8) is 0 Å². The molecule has 0 aliphatic heterocycles. The van der Waals surface area contributed by atoms with Crippen LogP contribution in [0.2, 0.25) is 0 Å². The summed E-state index contributed by atoms with van der Waals surface area (Å²) in [5.41, 5.74) is 1.50. The number of aromatic nitrogens is 1. The van der Waals surface area contributed by atoms with E-state index in [2.05, 4.69) is 10.3 Å². The first kappa shape index (κ1) is 12.0. The van der Waals surface area contributed by atoms with Gasteiger partial charge in [0.15, 0.2) is 0 Å². The van der Waals surface area contributed by atoms with Crippen LogP contribution >= 0.6 is 0 Å². The number of carbonyl (C=O) groups excluding carboxylic acids is 1. The van der Waals surface area contributed by atoms with E-state index in [1.165, 1.54) is 12.5 Å². The standard InChI is InChI=1S/C12H11N2O4/c15-6-14-11(12(17)18)3-7-5-13-10-2-1-8(16)4-9(7)10/h1-2,4-5,11,13,16H,3H2,(H,14,15)(H,17,18)/t11-/m0/s1. The number of carboxylic acid groups (broad SMARTS) is 1. The second-order valence-corrected chi connectivity index (χ2v) is 3.89. The highest BCUT2D eigenvalue weighted by molar-refractivity contribution is 5.86. The molecule has 1 amide bonds. The Labute approximate surface area is 102 Å². The highest BCUT2D eigenvalue weighted by atomic mass is 16.4. The van der Waals surface area contributed by atoms with E-state index in [0.717, 1.165) is 10.9 Å². The van der Waals surface area contributed by atoms with E-state index in [1.54, 1.807) is 18.3 Å². The molecule has 4 N–H and O–H groups in total. The average Bonchev–Trinajstić information content (AvgIpc) is 2.71. The molecule has 1 radical (unpaired) electrons. The number of H-pyrrole nitrogens is 1. The molecule has 0 saturated heterocycles. The smallest absolute Gasteiger partial charge is 0.326 e. The molecule has 0 fully saturated rings. The van der Waals surface area contributed by atoms with Crippen LogP contribution < -0.4 is 5.32 Å². The van der Waals surface area contributed by atoms with E-state index in [-0.39, 0.29) is 12.2 Å². The molecule has 6 nitrogen and oxygen atoms in total. The Morgan fingerprint density at radius 1 is 1.50 bits per heavy atom. The van der Waals surface area contributed by atoms with Crippen LogP contribution in [0.4, 0.5) is 0 Å². The van der Waals surface area contributed by atoms with E-state index >= 15 is 0 Å². The van der Waals surface area contributed by atoms with Crippen molar-refractivity contribution in [2.45, 2.75) is 12.5 Å². The molecule has 0 spiro atoms. The van der Waals surface area contributed by atoms with Crippen LogP contribution in [0.15, 0.2) is 24.4 Å². The van der Waals surface area contributed by atoms with Gasteiger partial charge in [0, 0.05) is 23.5 Å². The normalized spacial score (nSPS) is 12.2. The Kier molecular flexibility index (Phi) is 3.18. The Morgan fingerprint density at radius 3 is 2.94 bits per heavy atom. The van der Waals surface area contributed by atoms with Gasteiger partial charge >= 0.3 is 12.4 Å². The summed E-state index contributed by atoms with van der Waals surface area (Å²) in [5.74, 6) is -1.03. The number of nitrogens with one attached hydrogen (secondary N) is 2. The number of rotatable bonds is 5. The lowest BCUT2D eigenvalue weighted by Gasteiger charge is -2.09. The summed E-state index contributed by atoms with van der Waals surface area (Å²) in [6.45, 7) is 0. The van der Waals surface area contributed by atoms with E-state index in [0.29, 0.717) is 5.56 Å². The summed E-state index contributed by atoms with van der Waals surface area (Å²) in [6.07, 6.45) is 3.16. The molecule has 0 aliphatic carbocycles. The molecule has 2 aromatic rings. The summed E-state index contributed by atoms with van der Waals surface area (Å²) in [7, 11) is 0. The van der Waals surface area contributed by atoms with Crippen LogP contribution in [0.5, 0.6) is 5.75 Å². The minimum atomic E-state index is -1.13. The van der Waals surface area contributed by atoms with Crippen molar-refractivity contribution in [2.75, 3.05) is 0 Å². The Balaban J connectivity index is 2.33. The molecule has 1 aromatic heterocycles. The van der Waals surface area contributed by atoms with E-state index in [9.17, 15) is 14.7 Å². The zero-order chi connectivity index (χ0) is 13.1. The van der Waals surface area contributed by atoms with Gasteiger partial charge in [-0.15, -0.1) is 0 Å². The lowest BCUT2D eigenvalue weighted by molar-refractivity contribution is -0.139. The van der Waals surface area contributed by atoms with Crippen molar-refractivity contribution in [2.24, 2.45) is 0 Å². The highest BCUT2D eigenvalue weighted by Gasteiger charge is 2.19. The molecule has 0 saturated carbocycles. The van der Waals surface area contributed by atoms with Gasteiger partial charge in [-0.3, -0.25) is 4.79 Å². The summed E-state index contributed by atoms with van der Waals surface area (Å²) in [6, 6.07) is 3.74. The van der Waals surface area contributed by atoms with Crippen molar-refractivity contribution in [3.05, 3.63) is 30.0 Å². The molecule has 2 rings (SSSR count). The third kappa shape index (κ3) is 2.27. The summed E-state index contributed by atoms with van der Waals surface area (Å²) in [5, 5.41) is 21.2. The second-order valence-electron chi connectivity index (χ2n) is 3.89. The van der Waals surface area contributed by atoms with Crippen molar-refractivity contribution >= 4 is 23.3 Å². The number of carbonyl (C=O) groups is 1. The molecule has 0 unspecified atom stereocenters. The van der Waals surface area contributed by atoms with Gasteiger partial charge in [0.2, 0.25) is 0 Å². The molecule has 1 heterocycles. The molecular weight excluding hydrogens is 236 g/mol. The molecular formula is C12H11N2O4. The second kappa shape index (κ2) is 4.79. The lowest BCUT2D eigenvalue weighted by atomic mass is 10.1. The largest absolute Gasteiger partial charge is 0.508 e. The van der Waals surface area contributed by atoms with Gasteiger partial charge in [0.05, 0.1) is 0 Å². The minimum Gasteiger partial charge on any atom is -0.508 e. The van der Waals surface area contributed by atoms with E-state index < -0.39 is 12.0 Å². The summed E-state index contributed by atoms with van der Waals surface area (Å²) >= 11 is 0. The van der Waals surface area contributed by atoms with E-state index in [4.69, 9.17) is 5.11 Å². The van der Waals surface area contributed by atoms with Crippen LogP contribution in [0.1, 0.15) is 5.56 Å². The van der Waals surface area contributed by atoms with Gasteiger partial charge in [-0.1, -0.05) is 0 Å². The van der Waals surface area contributed by atoms with Crippen LogP contribution in [0.25, 0.3) is 10.9 Å². The number of aromatic hydroxyl groups is 1. The zero-order valence-corrected chi connectivity index (χ0v) is 9.30. The Morgan fingerprint density at radius 2 is 2.28 bits per heavy atom. The fourth-order valence-electron chi connectivity index (χ4n) is 1.83. The molecule has 18 heavy (non-hydrogen) atoms. The fourth-order valence-corrected chi connectivity index (χ4v) is 1.83. The molecule has 0 aliphatic rings. The first-order valence-corrected chi connectivity index (χ1v) is 5.26. The van der Waals surface area contributed by atoms with E-state index in [1.807, 2.05) is 0 Å². The number of amides is 1. The van der Waals surface area contributed by atoms with Crippen LogP contribution in [0.3, 0.4) is 0 Å². The minimum absolute atomic E-state index is 0.102. The van der Waals surface area contributed by atoms with Crippen molar-refractivity contribution in [3.8, 4) is 5.75 Å². The third-order valence-corrected chi connectivity index (χ3v) is 2.71. The maximum absolute atomic E-state index is 10.9. The Hall–Kier alpha value is -2.50. The predicted octanol–water partition coefficient (Wildman–Crippen LogP) is 0.526. The van der Waals surface area contributed by atoms with Gasteiger partial charge in [0.1, 0.15) is 11.8 Å². The maximum atomic E-state index is 10.9. The number of hydrogen-bond acceptors (Lipinski definition) is 3. The van der Waals surface area contributed by atoms with Gasteiger partial charge < -0.3 is 20.5 Å². The number of aromatic amines is 1. The van der Waals surface area contributed by atoms with Gasteiger partial charge in [-0.2, -0.15) is 0 Å². The monoisotopic (exact) mass is 247 g/mol. The number of carboxylic acids is 1. The summed E-state index contributed by atoms with van der Waals surface area (Å²) in [4.78, 5) is 24.1. The number of hydrogen-bond donors (Lipinski definition) is 4. The third-order valence-electron chi connectivity index (χ3n) is 2.71. The number of phenols is 1.